The molecule has 1 aromatic carbocycles. The first kappa shape index (κ1) is 20.6. The molecule has 0 radical (unpaired) electrons. The lowest BCUT2D eigenvalue weighted by molar-refractivity contribution is -0.118. The van der Waals surface area contributed by atoms with Crippen LogP contribution in [0.2, 0.25) is 0 Å². The largest absolute Gasteiger partial charge is 0.462 e. The fraction of sp³-hybridized carbons (Fsp3) is 0.350. The first-order valence-corrected chi connectivity index (χ1v) is 9.60. The molecule has 7 heteroatoms. The Hall–Kier alpha value is -2.67. The van der Waals surface area contributed by atoms with Crippen molar-refractivity contribution in [2.24, 2.45) is 5.92 Å². The maximum absolute atomic E-state index is 12.6. The average molecular weight is 388 g/mol. The second kappa shape index (κ2) is 9.32. The number of benzene rings is 1. The van der Waals surface area contributed by atoms with Gasteiger partial charge >= 0.3 is 5.97 Å². The number of carbonyl (C=O) groups excluding carboxylic acids is 3. The second-order valence-corrected chi connectivity index (χ2v) is 7.31. The summed E-state index contributed by atoms with van der Waals surface area (Å²) in [5.74, 6) is -1.32. The summed E-state index contributed by atoms with van der Waals surface area (Å²) in [7, 11) is 0. The molecule has 0 bridgehead atoms. The number of amides is 2. The van der Waals surface area contributed by atoms with E-state index in [1.165, 1.54) is 0 Å². The summed E-state index contributed by atoms with van der Waals surface area (Å²) in [6.07, 6.45) is 0. The minimum absolute atomic E-state index is 0.210. The number of rotatable bonds is 7. The summed E-state index contributed by atoms with van der Waals surface area (Å²) in [5.41, 5.74) is 1.71. The van der Waals surface area contributed by atoms with Crippen LogP contribution in [0.1, 0.15) is 51.9 Å². The molecule has 1 heterocycles. The quantitative estimate of drug-likeness (QED) is 0.708. The van der Waals surface area contributed by atoms with Crippen LogP contribution in [-0.4, -0.2) is 24.4 Å². The van der Waals surface area contributed by atoms with Crippen molar-refractivity contribution in [2.45, 2.75) is 34.2 Å². The molecule has 0 saturated heterocycles. The molecule has 0 atom stereocenters. The van der Waals surface area contributed by atoms with Gasteiger partial charge in [0.25, 0.3) is 5.91 Å². The SMILES string of the molecule is CCOC(=O)c1c(NC(=O)C(C)C)sc(C(=O)NCc2ccccc2)c1C. The van der Waals surface area contributed by atoms with Crippen LogP contribution in [0.25, 0.3) is 0 Å². The highest BCUT2D eigenvalue weighted by Gasteiger charge is 2.27. The summed E-state index contributed by atoms with van der Waals surface area (Å²) in [4.78, 5) is 37.5. The highest BCUT2D eigenvalue weighted by atomic mass is 32.1. The van der Waals surface area contributed by atoms with E-state index in [9.17, 15) is 14.4 Å². The molecule has 0 saturated carbocycles. The Morgan fingerprint density at radius 3 is 2.41 bits per heavy atom. The van der Waals surface area contributed by atoms with Crippen molar-refractivity contribution in [1.82, 2.24) is 5.32 Å². The average Bonchev–Trinajstić information content (AvgIpc) is 2.96. The van der Waals surface area contributed by atoms with Crippen LogP contribution in [0, 0.1) is 12.8 Å². The number of hydrogen-bond acceptors (Lipinski definition) is 5. The van der Waals surface area contributed by atoms with Crippen molar-refractivity contribution >= 4 is 34.1 Å². The van der Waals surface area contributed by atoms with E-state index in [1.54, 1.807) is 27.7 Å². The van der Waals surface area contributed by atoms with Crippen molar-refractivity contribution in [2.75, 3.05) is 11.9 Å². The normalized spacial score (nSPS) is 10.6. The van der Waals surface area contributed by atoms with Gasteiger partial charge in [-0.05, 0) is 25.0 Å². The van der Waals surface area contributed by atoms with Gasteiger partial charge in [0.2, 0.25) is 5.91 Å². The Morgan fingerprint density at radius 2 is 1.81 bits per heavy atom. The van der Waals surface area contributed by atoms with Gasteiger partial charge in [-0.2, -0.15) is 0 Å². The number of esters is 1. The summed E-state index contributed by atoms with van der Waals surface area (Å²) in [6, 6.07) is 9.54. The molecule has 27 heavy (non-hydrogen) atoms. The van der Waals surface area contributed by atoms with E-state index in [1.807, 2.05) is 30.3 Å². The second-order valence-electron chi connectivity index (χ2n) is 6.29. The smallest absolute Gasteiger partial charge is 0.341 e. The van der Waals surface area contributed by atoms with Crippen LogP contribution in [-0.2, 0) is 16.1 Å². The van der Waals surface area contributed by atoms with Gasteiger partial charge in [-0.3, -0.25) is 9.59 Å². The molecule has 2 rings (SSSR count). The lowest BCUT2D eigenvalue weighted by Crippen LogP contribution is -2.22. The lowest BCUT2D eigenvalue weighted by Gasteiger charge is -2.08. The summed E-state index contributed by atoms with van der Waals surface area (Å²) < 4.78 is 5.10. The van der Waals surface area contributed by atoms with Gasteiger partial charge in [-0.1, -0.05) is 44.2 Å². The van der Waals surface area contributed by atoms with E-state index in [0.717, 1.165) is 16.9 Å². The van der Waals surface area contributed by atoms with Crippen molar-refractivity contribution < 1.29 is 19.1 Å². The van der Waals surface area contributed by atoms with Crippen LogP contribution in [0.3, 0.4) is 0 Å². The topological polar surface area (TPSA) is 84.5 Å². The predicted molar refractivity (Wildman–Crippen MR) is 106 cm³/mol. The van der Waals surface area contributed by atoms with E-state index >= 15 is 0 Å². The van der Waals surface area contributed by atoms with Crippen LogP contribution in [0.15, 0.2) is 30.3 Å². The van der Waals surface area contributed by atoms with Gasteiger partial charge in [0.15, 0.2) is 0 Å². The molecule has 1 aromatic heterocycles. The lowest BCUT2D eigenvalue weighted by atomic mass is 10.1. The Labute approximate surface area is 162 Å². The highest BCUT2D eigenvalue weighted by Crippen LogP contribution is 2.34. The Balaban J connectivity index is 2.28. The van der Waals surface area contributed by atoms with Gasteiger partial charge in [0.1, 0.15) is 5.00 Å². The monoisotopic (exact) mass is 388 g/mol. The summed E-state index contributed by atoms with van der Waals surface area (Å²) >= 11 is 1.08. The molecule has 6 nitrogen and oxygen atoms in total. The van der Waals surface area contributed by atoms with E-state index in [2.05, 4.69) is 10.6 Å². The standard InChI is InChI=1S/C20H24N2O4S/c1-5-26-20(25)15-13(4)16(27-19(15)22-17(23)12(2)3)18(24)21-11-14-9-7-6-8-10-14/h6-10,12H,5,11H2,1-4H3,(H,21,24)(H,22,23). The van der Waals surface area contributed by atoms with Gasteiger partial charge in [-0.15, -0.1) is 11.3 Å². The molecule has 0 unspecified atom stereocenters. The molecule has 0 aliphatic carbocycles. The van der Waals surface area contributed by atoms with Crippen LogP contribution < -0.4 is 10.6 Å². The molecule has 0 spiro atoms. The molecule has 0 aliphatic heterocycles. The zero-order valence-corrected chi connectivity index (χ0v) is 16.7. The maximum Gasteiger partial charge on any atom is 0.341 e. The number of hydrogen-bond donors (Lipinski definition) is 2. The Bertz CT molecular complexity index is 828. The Kier molecular flexibility index (Phi) is 7.12. The third-order valence-electron chi connectivity index (χ3n) is 3.89. The van der Waals surface area contributed by atoms with Gasteiger partial charge in [0, 0.05) is 12.5 Å². The third kappa shape index (κ3) is 5.17. The summed E-state index contributed by atoms with van der Waals surface area (Å²) in [5, 5.41) is 5.93. The fourth-order valence-electron chi connectivity index (χ4n) is 2.38. The van der Waals surface area contributed by atoms with Crippen LogP contribution >= 0.6 is 11.3 Å². The number of ether oxygens (including phenoxy) is 1. The molecule has 2 amide bonds. The van der Waals surface area contributed by atoms with E-state index in [0.29, 0.717) is 22.0 Å². The predicted octanol–water partition coefficient (Wildman–Crippen LogP) is 3.76. The van der Waals surface area contributed by atoms with Gasteiger partial charge < -0.3 is 15.4 Å². The number of carbonyl (C=O) groups is 3. The zero-order valence-electron chi connectivity index (χ0n) is 15.9. The molecular formula is C20H24N2O4S. The Morgan fingerprint density at radius 1 is 1.15 bits per heavy atom. The molecule has 0 fully saturated rings. The van der Waals surface area contributed by atoms with Crippen molar-refractivity contribution in [1.29, 1.82) is 0 Å². The van der Waals surface area contributed by atoms with Gasteiger partial charge in [-0.25, -0.2) is 4.79 Å². The third-order valence-corrected chi connectivity index (χ3v) is 5.10. The molecule has 144 valence electrons. The van der Waals surface area contributed by atoms with E-state index < -0.39 is 5.97 Å². The number of nitrogens with one attached hydrogen (secondary N) is 2. The van der Waals surface area contributed by atoms with E-state index in [-0.39, 0.29) is 29.9 Å². The first-order chi connectivity index (χ1) is 12.8. The molecule has 2 aromatic rings. The molecule has 2 N–H and O–H groups in total. The molecular weight excluding hydrogens is 364 g/mol. The van der Waals surface area contributed by atoms with E-state index in [4.69, 9.17) is 4.74 Å². The van der Waals surface area contributed by atoms with Crippen molar-refractivity contribution in [3.8, 4) is 0 Å². The zero-order chi connectivity index (χ0) is 20.0. The van der Waals surface area contributed by atoms with Crippen LogP contribution in [0.4, 0.5) is 5.00 Å². The summed E-state index contributed by atoms with van der Waals surface area (Å²) in [6.45, 7) is 7.49. The fourth-order valence-corrected chi connectivity index (χ4v) is 3.50. The van der Waals surface area contributed by atoms with Crippen molar-refractivity contribution in [3.63, 3.8) is 0 Å². The highest BCUT2D eigenvalue weighted by molar-refractivity contribution is 7.18. The van der Waals surface area contributed by atoms with Crippen LogP contribution in [0.5, 0.6) is 0 Å². The first-order valence-electron chi connectivity index (χ1n) is 8.78. The molecule has 0 aliphatic rings. The maximum atomic E-state index is 12.6. The minimum Gasteiger partial charge on any atom is -0.462 e. The minimum atomic E-state index is -0.549. The number of anilines is 1. The number of thiophene rings is 1. The van der Waals surface area contributed by atoms with Crippen molar-refractivity contribution in [3.05, 3.63) is 51.9 Å². The van der Waals surface area contributed by atoms with Gasteiger partial charge in [0.05, 0.1) is 17.0 Å².